The third-order valence-electron chi connectivity index (χ3n) is 5.26. The van der Waals surface area contributed by atoms with Crippen molar-refractivity contribution in [3.63, 3.8) is 0 Å². The lowest BCUT2D eigenvalue weighted by Crippen LogP contribution is -2.84. The lowest BCUT2D eigenvalue weighted by Gasteiger charge is -2.20. The Kier molecular flexibility index (Phi) is 7.77. The minimum absolute atomic E-state index is 0.0293. The third-order valence-corrected chi connectivity index (χ3v) is 6.14. The molecule has 2 aromatic carbocycles. The molecule has 0 saturated heterocycles. The average Bonchev–Trinajstić information content (AvgIpc) is 3.18. The van der Waals surface area contributed by atoms with E-state index in [1.165, 1.54) is 28.9 Å². The number of quaternary nitrogens is 1. The summed E-state index contributed by atoms with van der Waals surface area (Å²) in [5, 5.41) is 5.15. The van der Waals surface area contributed by atoms with Gasteiger partial charge >= 0.3 is 0 Å². The normalized spacial score (nSPS) is 12.2. The number of nitrogens with zero attached hydrogens (tertiary/aromatic N) is 2. The first-order valence-corrected chi connectivity index (χ1v) is 11.6. The molecule has 5 heteroatoms. The van der Waals surface area contributed by atoms with Crippen LogP contribution in [0.1, 0.15) is 57.0 Å². The van der Waals surface area contributed by atoms with E-state index < -0.39 is 0 Å². The fourth-order valence-electron chi connectivity index (χ4n) is 3.73. The molecule has 0 spiro atoms. The standard InChI is InChI=1S/C25H31N3OS/c1-5-9-20-12-14-21(15-13-20)24(18(2)3)26-16-22-17-30-25(27-22)28(19(4)29)23-10-7-6-8-11-23/h6-8,10-15,17-18,24,26H,5,9,16H2,1-4H3/p+1/t24-/m1/s1. The molecule has 0 radical (unpaired) electrons. The second-order valence-corrected chi connectivity index (χ2v) is 8.85. The molecule has 0 fully saturated rings. The van der Waals surface area contributed by atoms with Crippen LogP contribution in [0.15, 0.2) is 60.0 Å². The summed E-state index contributed by atoms with van der Waals surface area (Å²) in [5.41, 5.74) is 4.61. The molecule has 1 aromatic heterocycles. The van der Waals surface area contributed by atoms with Crippen molar-refractivity contribution in [2.24, 2.45) is 5.92 Å². The zero-order valence-electron chi connectivity index (χ0n) is 18.3. The van der Waals surface area contributed by atoms with Crippen LogP contribution in [0.5, 0.6) is 0 Å². The summed E-state index contributed by atoms with van der Waals surface area (Å²) in [4.78, 5) is 18.7. The molecule has 0 aliphatic carbocycles. The van der Waals surface area contributed by atoms with E-state index in [1.54, 1.807) is 11.8 Å². The van der Waals surface area contributed by atoms with Crippen molar-refractivity contribution >= 4 is 28.1 Å². The van der Waals surface area contributed by atoms with Gasteiger partial charge in [0.2, 0.25) is 5.91 Å². The molecule has 2 N–H and O–H groups in total. The smallest absolute Gasteiger partial charge is 0.230 e. The van der Waals surface area contributed by atoms with Gasteiger partial charge in [-0.2, -0.15) is 0 Å². The van der Waals surface area contributed by atoms with E-state index >= 15 is 0 Å². The largest absolute Gasteiger partial charge is 0.335 e. The predicted octanol–water partition coefficient (Wildman–Crippen LogP) is 5.24. The Morgan fingerprint density at radius 2 is 1.80 bits per heavy atom. The molecular formula is C25H32N3OS+. The summed E-state index contributed by atoms with van der Waals surface area (Å²) in [5.74, 6) is 0.483. The summed E-state index contributed by atoms with van der Waals surface area (Å²) >= 11 is 1.52. The van der Waals surface area contributed by atoms with Crippen LogP contribution in [0, 0.1) is 5.92 Å². The average molecular weight is 423 g/mol. The van der Waals surface area contributed by atoms with Crippen molar-refractivity contribution in [1.29, 1.82) is 0 Å². The second-order valence-electron chi connectivity index (χ2n) is 8.01. The third kappa shape index (κ3) is 5.55. The number of carbonyl (C=O) groups is 1. The number of benzene rings is 2. The summed E-state index contributed by atoms with van der Waals surface area (Å²) in [6, 6.07) is 19.1. The van der Waals surface area contributed by atoms with Crippen molar-refractivity contribution in [3.05, 3.63) is 76.8 Å². The number of hydrogen-bond donors (Lipinski definition) is 1. The monoisotopic (exact) mass is 422 g/mol. The van der Waals surface area contributed by atoms with Crippen LogP contribution in [-0.4, -0.2) is 10.9 Å². The molecule has 158 valence electrons. The van der Waals surface area contributed by atoms with E-state index in [9.17, 15) is 4.79 Å². The van der Waals surface area contributed by atoms with Crippen LogP contribution in [0.4, 0.5) is 10.8 Å². The van der Waals surface area contributed by atoms with Crippen molar-refractivity contribution in [2.45, 2.75) is 53.1 Å². The quantitative estimate of drug-likeness (QED) is 0.513. The van der Waals surface area contributed by atoms with Crippen LogP contribution >= 0.6 is 11.3 Å². The van der Waals surface area contributed by atoms with Gasteiger partial charge in [-0.1, -0.05) is 69.7 Å². The minimum atomic E-state index is -0.0293. The van der Waals surface area contributed by atoms with Gasteiger partial charge in [0.1, 0.15) is 18.3 Å². The van der Waals surface area contributed by atoms with Gasteiger partial charge in [0.25, 0.3) is 0 Å². The molecule has 1 heterocycles. The van der Waals surface area contributed by atoms with Crippen molar-refractivity contribution < 1.29 is 10.1 Å². The number of hydrogen-bond acceptors (Lipinski definition) is 3. The zero-order valence-corrected chi connectivity index (χ0v) is 19.2. The van der Waals surface area contributed by atoms with Gasteiger partial charge < -0.3 is 5.32 Å². The van der Waals surface area contributed by atoms with Gasteiger partial charge in [0, 0.05) is 23.8 Å². The first kappa shape index (κ1) is 22.2. The van der Waals surface area contributed by atoms with Crippen LogP contribution in [-0.2, 0) is 17.8 Å². The summed E-state index contributed by atoms with van der Waals surface area (Å²) in [6.07, 6.45) is 2.30. The number of rotatable bonds is 9. The molecule has 0 saturated carbocycles. The van der Waals surface area contributed by atoms with Gasteiger partial charge in [-0.05, 0) is 24.1 Å². The molecule has 3 rings (SSSR count). The van der Waals surface area contributed by atoms with Gasteiger partial charge in [-0.25, -0.2) is 4.98 Å². The highest BCUT2D eigenvalue weighted by molar-refractivity contribution is 7.14. The molecule has 0 unspecified atom stereocenters. The van der Waals surface area contributed by atoms with Crippen molar-refractivity contribution in [3.8, 4) is 0 Å². The maximum absolute atomic E-state index is 12.3. The van der Waals surface area contributed by atoms with E-state index in [4.69, 9.17) is 4.98 Å². The Bertz CT molecular complexity index is 935. The Morgan fingerprint density at radius 3 is 2.40 bits per heavy atom. The molecule has 0 aliphatic rings. The number of para-hydroxylation sites is 1. The highest BCUT2D eigenvalue weighted by Gasteiger charge is 2.21. The number of amides is 1. The van der Waals surface area contributed by atoms with Crippen LogP contribution in [0.2, 0.25) is 0 Å². The first-order valence-electron chi connectivity index (χ1n) is 10.7. The molecular weight excluding hydrogens is 390 g/mol. The fraction of sp³-hybridized carbons (Fsp3) is 0.360. The van der Waals surface area contributed by atoms with Gasteiger partial charge in [-0.15, -0.1) is 11.3 Å². The first-order chi connectivity index (χ1) is 14.5. The topological polar surface area (TPSA) is 49.8 Å². The van der Waals surface area contributed by atoms with E-state index in [-0.39, 0.29) is 5.91 Å². The SMILES string of the molecule is CCCc1ccc([C@H]([NH2+]Cc2csc(N(C(C)=O)c3ccccc3)n2)C(C)C)cc1. The lowest BCUT2D eigenvalue weighted by molar-refractivity contribution is -0.717. The number of nitrogens with two attached hydrogens (primary N) is 1. The van der Waals surface area contributed by atoms with Crippen molar-refractivity contribution in [1.82, 2.24) is 4.98 Å². The molecule has 0 bridgehead atoms. The van der Waals surface area contributed by atoms with Gasteiger partial charge in [0.15, 0.2) is 5.13 Å². The summed E-state index contributed by atoms with van der Waals surface area (Å²) in [6.45, 7) is 9.11. The number of anilines is 2. The van der Waals surface area contributed by atoms with Gasteiger partial charge in [-0.3, -0.25) is 9.69 Å². The highest BCUT2D eigenvalue weighted by Crippen LogP contribution is 2.28. The Morgan fingerprint density at radius 1 is 1.10 bits per heavy atom. The zero-order chi connectivity index (χ0) is 21.5. The Hall–Kier alpha value is -2.50. The highest BCUT2D eigenvalue weighted by atomic mass is 32.1. The molecule has 1 atom stereocenters. The minimum Gasteiger partial charge on any atom is -0.335 e. The molecule has 3 aromatic rings. The van der Waals surface area contributed by atoms with Gasteiger partial charge in [0.05, 0.1) is 5.69 Å². The van der Waals surface area contributed by atoms with Crippen LogP contribution < -0.4 is 10.2 Å². The van der Waals surface area contributed by atoms with Crippen LogP contribution in [0.3, 0.4) is 0 Å². The van der Waals surface area contributed by atoms with Crippen LogP contribution in [0.25, 0.3) is 0 Å². The molecule has 1 amide bonds. The fourth-order valence-corrected chi connectivity index (χ4v) is 4.63. The number of thiazole rings is 1. The van der Waals surface area contributed by atoms with E-state index in [1.807, 2.05) is 30.3 Å². The molecule has 0 aliphatic heterocycles. The Balaban J connectivity index is 1.71. The maximum Gasteiger partial charge on any atom is 0.230 e. The number of carbonyl (C=O) groups excluding carboxylic acids is 1. The maximum atomic E-state index is 12.3. The summed E-state index contributed by atoms with van der Waals surface area (Å²) < 4.78 is 0. The second kappa shape index (κ2) is 10.5. The number of aromatic nitrogens is 1. The molecule has 4 nitrogen and oxygen atoms in total. The molecule has 30 heavy (non-hydrogen) atoms. The van der Waals surface area contributed by atoms with E-state index in [2.05, 4.69) is 55.7 Å². The van der Waals surface area contributed by atoms with E-state index in [0.717, 1.165) is 29.5 Å². The predicted molar refractivity (Wildman–Crippen MR) is 125 cm³/mol. The van der Waals surface area contributed by atoms with E-state index in [0.29, 0.717) is 12.0 Å². The summed E-state index contributed by atoms with van der Waals surface area (Å²) in [7, 11) is 0. The Labute approximate surface area is 184 Å². The lowest BCUT2D eigenvalue weighted by atomic mass is 9.94. The number of aryl methyl sites for hydroxylation is 1. The van der Waals surface area contributed by atoms with Crippen molar-refractivity contribution in [2.75, 3.05) is 4.90 Å².